The fraction of sp³-hybridized carbons (Fsp3) is 0.250. The molecule has 0 saturated heterocycles. The Balaban J connectivity index is 2.14. The SMILES string of the molecule is CCOC(=O)c1cc(NC(=O)COc2ccccc2)cc(C(=O)OCC)c1. The van der Waals surface area contributed by atoms with Crippen molar-refractivity contribution in [1.82, 2.24) is 0 Å². The second-order valence-corrected chi connectivity index (χ2v) is 5.39. The van der Waals surface area contributed by atoms with Gasteiger partial charge in [0, 0.05) is 5.69 Å². The van der Waals surface area contributed by atoms with E-state index >= 15 is 0 Å². The van der Waals surface area contributed by atoms with E-state index in [0.717, 1.165) is 0 Å². The molecular formula is C20H21NO6. The molecule has 0 spiro atoms. The smallest absolute Gasteiger partial charge is 0.338 e. The van der Waals surface area contributed by atoms with Crippen molar-refractivity contribution in [2.45, 2.75) is 13.8 Å². The number of benzene rings is 2. The first-order chi connectivity index (χ1) is 13.0. The molecule has 0 fully saturated rings. The lowest BCUT2D eigenvalue weighted by atomic mass is 10.1. The lowest BCUT2D eigenvalue weighted by Crippen LogP contribution is -2.21. The van der Waals surface area contributed by atoms with Crippen molar-refractivity contribution >= 4 is 23.5 Å². The number of anilines is 1. The van der Waals surface area contributed by atoms with Crippen LogP contribution < -0.4 is 10.1 Å². The predicted molar refractivity (Wildman–Crippen MR) is 98.9 cm³/mol. The predicted octanol–water partition coefficient (Wildman–Crippen LogP) is 3.06. The Morgan fingerprint density at radius 2 is 1.41 bits per heavy atom. The largest absolute Gasteiger partial charge is 0.484 e. The van der Waals surface area contributed by atoms with Crippen LogP contribution in [0.1, 0.15) is 34.6 Å². The van der Waals surface area contributed by atoms with Crippen LogP contribution in [0.25, 0.3) is 0 Å². The number of hydrogen-bond acceptors (Lipinski definition) is 6. The highest BCUT2D eigenvalue weighted by Gasteiger charge is 2.16. The first kappa shape index (κ1) is 20.0. The lowest BCUT2D eigenvalue weighted by molar-refractivity contribution is -0.118. The second-order valence-electron chi connectivity index (χ2n) is 5.39. The highest BCUT2D eigenvalue weighted by Crippen LogP contribution is 2.18. The third-order valence-electron chi connectivity index (χ3n) is 3.35. The molecule has 0 aliphatic carbocycles. The van der Waals surface area contributed by atoms with E-state index in [1.54, 1.807) is 38.1 Å². The van der Waals surface area contributed by atoms with Crippen LogP contribution in [0.3, 0.4) is 0 Å². The van der Waals surface area contributed by atoms with E-state index in [9.17, 15) is 14.4 Å². The van der Waals surface area contributed by atoms with Gasteiger partial charge in [-0.25, -0.2) is 9.59 Å². The van der Waals surface area contributed by atoms with Crippen LogP contribution in [0.2, 0.25) is 0 Å². The Bertz CT molecular complexity index is 767. The van der Waals surface area contributed by atoms with Crippen LogP contribution in [0, 0.1) is 0 Å². The Morgan fingerprint density at radius 1 is 0.852 bits per heavy atom. The summed E-state index contributed by atoms with van der Waals surface area (Å²) in [4.78, 5) is 36.2. The minimum absolute atomic E-state index is 0.140. The van der Waals surface area contributed by atoms with Gasteiger partial charge in [-0.1, -0.05) is 18.2 Å². The average Bonchev–Trinajstić information content (AvgIpc) is 2.67. The summed E-state index contributed by atoms with van der Waals surface area (Å²) < 4.78 is 15.3. The van der Waals surface area contributed by atoms with Gasteiger partial charge in [0.1, 0.15) is 5.75 Å². The van der Waals surface area contributed by atoms with Crippen molar-refractivity contribution in [2.75, 3.05) is 25.1 Å². The van der Waals surface area contributed by atoms with Gasteiger partial charge in [-0.3, -0.25) is 4.79 Å². The summed E-state index contributed by atoms with van der Waals surface area (Å²) in [6.07, 6.45) is 0. The molecule has 2 aromatic rings. The van der Waals surface area contributed by atoms with Crippen LogP contribution in [0.4, 0.5) is 5.69 Å². The standard InChI is InChI=1S/C20H21NO6/c1-3-25-19(23)14-10-15(20(24)26-4-2)12-16(11-14)21-18(22)13-27-17-8-6-5-7-9-17/h5-12H,3-4,13H2,1-2H3,(H,21,22). The van der Waals surface area contributed by atoms with E-state index < -0.39 is 17.8 Å². The fourth-order valence-corrected chi connectivity index (χ4v) is 2.23. The van der Waals surface area contributed by atoms with Gasteiger partial charge < -0.3 is 19.5 Å². The lowest BCUT2D eigenvalue weighted by Gasteiger charge is -2.11. The minimum atomic E-state index is -0.598. The highest BCUT2D eigenvalue weighted by atomic mass is 16.5. The van der Waals surface area contributed by atoms with Gasteiger partial charge >= 0.3 is 11.9 Å². The van der Waals surface area contributed by atoms with Crippen LogP contribution in [-0.4, -0.2) is 37.7 Å². The molecule has 0 atom stereocenters. The number of carbonyl (C=O) groups excluding carboxylic acids is 3. The minimum Gasteiger partial charge on any atom is -0.484 e. The number of para-hydroxylation sites is 1. The van der Waals surface area contributed by atoms with Crippen molar-refractivity contribution < 1.29 is 28.6 Å². The molecule has 1 N–H and O–H groups in total. The van der Waals surface area contributed by atoms with Crippen LogP contribution in [-0.2, 0) is 14.3 Å². The number of amides is 1. The van der Waals surface area contributed by atoms with Gasteiger partial charge in [0.2, 0.25) is 0 Å². The van der Waals surface area contributed by atoms with Crippen LogP contribution in [0.15, 0.2) is 48.5 Å². The van der Waals surface area contributed by atoms with Gasteiger partial charge in [0.25, 0.3) is 5.91 Å². The topological polar surface area (TPSA) is 90.9 Å². The molecule has 0 aromatic heterocycles. The summed E-state index contributed by atoms with van der Waals surface area (Å²) in [5, 5.41) is 2.61. The van der Waals surface area contributed by atoms with Crippen molar-refractivity contribution in [3.05, 3.63) is 59.7 Å². The molecule has 0 unspecified atom stereocenters. The van der Waals surface area contributed by atoms with Gasteiger partial charge in [-0.2, -0.15) is 0 Å². The first-order valence-corrected chi connectivity index (χ1v) is 8.50. The molecule has 0 heterocycles. The number of rotatable bonds is 8. The van der Waals surface area contributed by atoms with Crippen LogP contribution >= 0.6 is 0 Å². The molecule has 1 amide bonds. The number of esters is 2. The molecular weight excluding hydrogens is 350 g/mol. The summed E-state index contributed by atoms with van der Waals surface area (Å²) >= 11 is 0. The van der Waals surface area contributed by atoms with Gasteiger partial charge in [0.05, 0.1) is 24.3 Å². The zero-order valence-corrected chi connectivity index (χ0v) is 15.2. The van der Waals surface area contributed by atoms with Crippen molar-refractivity contribution in [3.8, 4) is 5.75 Å². The van der Waals surface area contributed by atoms with E-state index in [1.165, 1.54) is 18.2 Å². The summed E-state index contributed by atoms with van der Waals surface area (Å²) in [7, 11) is 0. The van der Waals surface area contributed by atoms with Crippen LogP contribution in [0.5, 0.6) is 5.75 Å². The second kappa shape index (κ2) is 9.96. The zero-order chi connectivity index (χ0) is 19.6. The average molecular weight is 371 g/mol. The Morgan fingerprint density at radius 3 is 1.93 bits per heavy atom. The Hall–Kier alpha value is -3.35. The molecule has 7 nitrogen and oxygen atoms in total. The van der Waals surface area contributed by atoms with Crippen molar-refractivity contribution in [2.24, 2.45) is 0 Å². The number of hydrogen-bond donors (Lipinski definition) is 1. The third-order valence-corrected chi connectivity index (χ3v) is 3.35. The Kier molecular flexibility index (Phi) is 7.37. The number of nitrogens with one attached hydrogen (secondary N) is 1. The molecule has 0 aliphatic rings. The van der Waals surface area contributed by atoms with E-state index in [-0.39, 0.29) is 36.6 Å². The molecule has 2 aromatic carbocycles. The van der Waals surface area contributed by atoms with Crippen molar-refractivity contribution in [1.29, 1.82) is 0 Å². The fourth-order valence-electron chi connectivity index (χ4n) is 2.23. The van der Waals surface area contributed by atoms with Gasteiger partial charge in [-0.05, 0) is 44.2 Å². The maximum Gasteiger partial charge on any atom is 0.338 e. The van der Waals surface area contributed by atoms with Gasteiger partial charge in [-0.15, -0.1) is 0 Å². The molecule has 2 rings (SSSR count). The van der Waals surface area contributed by atoms with Gasteiger partial charge in [0.15, 0.2) is 6.61 Å². The molecule has 142 valence electrons. The first-order valence-electron chi connectivity index (χ1n) is 8.50. The van der Waals surface area contributed by atoms with E-state index in [1.807, 2.05) is 6.07 Å². The molecule has 0 bridgehead atoms. The molecule has 0 radical (unpaired) electrons. The monoisotopic (exact) mass is 371 g/mol. The quantitative estimate of drug-likeness (QED) is 0.717. The Labute approximate surface area is 157 Å². The normalized spacial score (nSPS) is 10.0. The van der Waals surface area contributed by atoms with Crippen molar-refractivity contribution in [3.63, 3.8) is 0 Å². The van der Waals surface area contributed by atoms with E-state index in [4.69, 9.17) is 14.2 Å². The molecule has 0 aliphatic heterocycles. The maximum atomic E-state index is 12.1. The summed E-state index contributed by atoms with van der Waals surface area (Å²) in [5.41, 5.74) is 0.550. The summed E-state index contributed by atoms with van der Waals surface area (Å²) in [5.74, 6) is -1.07. The summed E-state index contributed by atoms with van der Waals surface area (Å²) in [6.45, 7) is 3.51. The highest BCUT2D eigenvalue weighted by molar-refractivity contribution is 5.99. The molecule has 27 heavy (non-hydrogen) atoms. The van der Waals surface area contributed by atoms with E-state index in [2.05, 4.69) is 5.32 Å². The number of ether oxygens (including phenoxy) is 3. The molecule has 0 saturated carbocycles. The number of carbonyl (C=O) groups is 3. The third kappa shape index (κ3) is 6.14. The zero-order valence-electron chi connectivity index (χ0n) is 15.2. The maximum absolute atomic E-state index is 12.1. The molecule has 7 heteroatoms. The summed E-state index contributed by atoms with van der Waals surface area (Å²) in [6, 6.07) is 13.1. The van der Waals surface area contributed by atoms with E-state index in [0.29, 0.717) is 5.75 Å².